The van der Waals surface area contributed by atoms with Gasteiger partial charge in [-0.25, -0.2) is 8.78 Å². The second-order valence-corrected chi connectivity index (χ2v) is 5.56. The standard InChI is InChI=1S/C13H6BrCl2F2NO/c14-7-4-10(17)12(11(18)5-7)19-13(20)6-1-2-8(15)9(16)3-6/h1-5H,(H,19,20). The van der Waals surface area contributed by atoms with E-state index in [-0.39, 0.29) is 20.1 Å². The molecule has 0 aliphatic carbocycles. The molecule has 2 aromatic rings. The van der Waals surface area contributed by atoms with Crippen molar-refractivity contribution in [3.8, 4) is 0 Å². The highest BCUT2D eigenvalue weighted by Gasteiger charge is 2.15. The van der Waals surface area contributed by atoms with E-state index >= 15 is 0 Å². The van der Waals surface area contributed by atoms with Gasteiger partial charge in [-0.3, -0.25) is 4.79 Å². The Balaban J connectivity index is 2.30. The van der Waals surface area contributed by atoms with Crippen LogP contribution in [0.5, 0.6) is 0 Å². The number of benzene rings is 2. The van der Waals surface area contributed by atoms with Crippen LogP contribution in [-0.4, -0.2) is 5.91 Å². The topological polar surface area (TPSA) is 29.1 Å². The summed E-state index contributed by atoms with van der Waals surface area (Å²) in [5.74, 6) is -2.46. The predicted molar refractivity (Wildman–Crippen MR) is 78.5 cm³/mol. The van der Waals surface area contributed by atoms with Crippen molar-refractivity contribution in [3.05, 3.63) is 62.0 Å². The Bertz CT molecular complexity index is 671. The molecule has 0 atom stereocenters. The highest BCUT2D eigenvalue weighted by Crippen LogP contribution is 2.26. The molecule has 104 valence electrons. The third-order valence-corrected chi connectivity index (χ3v) is 3.62. The van der Waals surface area contributed by atoms with Crippen LogP contribution in [-0.2, 0) is 0 Å². The van der Waals surface area contributed by atoms with Crippen molar-refractivity contribution in [1.82, 2.24) is 0 Å². The minimum absolute atomic E-state index is 0.140. The van der Waals surface area contributed by atoms with E-state index in [1.54, 1.807) is 0 Å². The van der Waals surface area contributed by atoms with E-state index in [4.69, 9.17) is 23.2 Å². The largest absolute Gasteiger partial charge is 0.317 e. The number of carbonyl (C=O) groups excluding carboxylic acids is 1. The number of rotatable bonds is 2. The molecule has 0 aromatic heterocycles. The van der Waals surface area contributed by atoms with E-state index < -0.39 is 23.2 Å². The summed E-state index contributed by atoms with van der Waals surface area (Å²) in [6.07, 6.45) is 0. The molecule has 0 fully saturated rings. The Morgan fingerprint density at radius 3 is 2.20 bits per heavy atom. The minimum atomic E-state index is -0.884. The molecule has 0 bridgehead atoms. The van der Waals surface area contributed by atoms with Gasteiger partial charge in [0.15, 0.2) is 11.6 Å². The average Bonchev–Trinajstić information content (AvgIpc) is 2.36. The van der Waals surface area contributed by atoms with Crippen LogP contribution >= 0.6 is 39.1 Å². The first-order valence-electron chi connectivity index (χ1n) is 5.29. The normalized spacial score (nSPS) is 10.4. The van der Waals surface area contributed by atoms with Gasteiger partial charge in [0.25, 0.3) is 5.91 Å². The number of nitrogens with one attached hydrogen (secondary N) is 1. The van der Waals surface area contributed by atoms with Crippen LogP contribution in [0.15, 0.2) is 34.8 Å². The van der Waals surface area contributed by atoms with Gasteiger partial charge in [0.1, 0.15) is 5.69 Å². The number of hydrogen-bond donors (Lipinski definition) is 1. The van der Waals surface area contributed by atoms with Crippen molar-refractivity contribution in [2.75, 3.05) is 5.32 Å². The molecule has 0 heterocycles. The molecular weight excluding hydrogens is 375 g/mol. The van der Waals surface area contributed by atoms with Crippen molar-refractivity contribution in [2.45, 2.75) is 0 Å². The van der Waals surface area contributed by atoms with Crippen LogP contribution < -0.4 is 5.32 Å². The molecule has 1 amide bonds. The Morgan fingerprint density at radius 2 is 1.65 bits per heavy atom. The maximum Gasteiger partial charge on any atom is 0.255 e. The van der Waals surface area contributed by atoms with Crippen molar-refractivity contribution in [2.24, 2.45) is 0 Å². The molecule has 0 radical (unpaired) electrons. The lowest BCUT2D eigenvalue weighted by Gasteiger charge is -2.08. The van der Waals surface area contributed by atoms with Crippen LogP contribution in [0.25, 0.3) is 0 Å². The number of hydrogen-bond acceptors (Lipinski definition) is 1. The van der Waals surface area contributed by atoms with E-state index in [0.29, 0.717) is 0 Å². The van der Waals surface area contributed by atoms with Gasteiger partial charge in [0.2, 0.25) is 0 Å². The quantitative estimate of drug-likeness (QED) is 0.753. The molecule has 0 aliphatic heterocycles. The Hall–Kier alpha value is -1.17. The van der Waals surface area contributed by atoms with Crippen molar-refractivity contribution >= 4 is 50.7 Å². The summed E-state index contributed by atoms with van der Waals surface area (Å²) in [6, 6.07) is 6.24. The lowest BCUT2D eigenvalue weighted by Crippen LogP contribution is -2.14. The van der Waals surface area contributed by atoms with Crippen LogP contribution in [0, 0.1) is 11.6 Å². The molecule has 0 saturated carbocycles. The van der Waals surface area contributed by atoms with Gasteiger partial charge in [-0.15, -0.1) is 0 Å². The Morgan fingerprint density at radius 1 is 1.05 bits per heavy atom. The first-order chi connectivity index (χ1) is 9.38. The van der Waals surface area contributed by atoms with Gasteiger partial charge in [-0.1, -0.05) is 39.1 Å². The zero-order chi connectivity index (χ0) is 14.9. The fourth-order valence-corrected chi connectivity index (χ4v) is 2.18. The van der Waals surface area contributed by atoms with E-state index in [1.165, 1.54) is 18.2 Å². The van der Waals surface area contributed by atoms with E-state index in [2.05, 4.69) is 21.2 Å². The second-order valence-electron chi connectivity index (χ2n) is 3.83. The number of carbonyl (C=O) groups is 1. The zero-order valence-electron chi connectivity index (χ0n) is 9.68. The maximum atomic E-state index is 13.6. The number of halogens is 5. The molecule has 1 N–H and O–H groups in total. The third-order valence-electron chi connectivity index (χ3n) is 2.43. The van der Waals surface area contributed by atoms with Crippen LogP contribution in [0.1, 0.15) is 10.4 Å². The van der Waals surface area contributed by atoms with Gasteiger partial charge >= 0.3 is 0 Å². The third kappa shape index (κ3) is 3.29. The summed E-state index contributed by atoms with van der Waals surface area (Å²) >= 11 is 14.5. The molecule has 2 aromatic carbocycles. The summed E-state index contributed by atoms with van der Waals surface area (Å²) < 4.78 is 27.4. The second kappa shape index (κ2) is 6.08. The molecule has 7 heteroatoms. The van der Waals surface area contributed by atoms with Gasteiger partial charge in [0, 0.05) is 10.0 Å². The maximum absolute atomic E-state index is 13.6. The van der Waals surface area contributed by atoms with E-state index in [9.17, 15) is 13.6 Å². The van der Waals surface area contributed by atoms with Gasteiger partial charge in [-0.05, 0) is 30.3 Å². The Kier molecular flexibility index (Phi) is 4.62. The van der Waals surface area contributed by atoms with Crippen LogP contribution in [0.2, 0.25) is 10.0 Å². The summed E-state index contributed by atoms with van der Waals surface area (Å²) in [5, 5.41) is 2.62. The summed E-state index contributed by atoms with van der Waals surface area (Å²) in [4.78, 5) is 11.9. The lowest BCUT2D eigenvalue weighted by atomic mass is 10.2. The summed E-state index contributed by atoms with van der Waals surface area (Å²) in [5.41, 5.74) is -0.384. The predicted octanol–water partition coefficient (Wildman–Crippen LogP) is 5.29. The van der Waals surface area contributed by atoms with Gasteiger partial charge in [-0.2, -0.15) is 0 Å². The van der Waals surface area contributed by atoms with Crippen LogP contribution in [0.3, 0.4) is 0 Å². The summed E-state index contributed by atoms with van der Waals surface area (Å²) in [7, 11) is 0. The molecule has 0 unspecified atom stereocenters. The van der Waals surface area contributed by atoms with E-state index in [0.717, 1.165) is 12.1 Å². The first-order valence-corrected chi connectivity index (χ1v) is 6.84. The van der Waals surface area contributed by atoms with Crippen molar-refractivity contribution in [3.63, 3.8) is 0 Å². The molecule has 0 saturated heterocycles. The molecule has 20 heavy (non-hydrogen) atoms. The monoisotopic (exact) mass is 379 g/mol. The van der Waals surface area contributed by atoms with Gasteiger partial charge < -0.3 is 5.32 Å². The SMILES string of the molecule is O=C(Nc1c(F)cc(Br)cc1F)c1ccc(Cl)c(Cl)c1. The van der Waals surface area contributed by atoms with Crippen LogP contribution in [0.4, 0.5) is 14.5 Å². The first kappa shape index (κ1) is 15.2. The highest BCUT2D eigenvalue weighted by molar-refractivity contribution is 9.10. The van der Waals surface area contributed by atoms with Crippen molar-refractivity contribution in [1.29, 1.82) is 0 Å². The lowest BCUT2D eigenvalue weighted by molar-refractivity contribution is 0.102. The molecular formula is C13H6BrCl2F2NO. The smallest absolute Gasteiger partial charge is 0.255 e. The average molecular weight is 381 g/mol. The van der Waals surface area contributed by atoms with E-state index in [1.807, 2.05) is 0 Å². The molecule has 2 rings (SSSR count). The van der Waals surface area contributed by atoms with Gasteiger partial charge in [0.05, 0.1) is 10.0 Å². The molecule has 0 spiro atoms. The summed E-state index contributed by atoms with van der Waals surface area (Å²) in [6.45, 7) is 0. The van der Waals surface area contributed by atoms with Crippen molar-refractivity contribution < 1.29 is 13.6 Å². The number of amides is 1. The highest BCUT2D eigenvalue weighted by atomic mass is 79.9. The molecule has 2 nitrogen and oxygen atoms in total. The fourth-order valence-electron chi connectivity index (χ4n) is 1.48. The Labute approximate surface area is 131 Å². The minimum Gasteiger partial charge on any atom is -0.317 e. The number of anilines is 1. The zero-order valence-corrected chi connectivity index (χ0v) is 12.8. The molecule has 0 aliphatic rings. The fraction of sp³-hybridized carbons (Fsp3) is 0.